The zero-order valence-corrected chi connectivity index (χ0v) is 6.78. The van der Waals surface area contributed by atoms with Crippen LogP contribution < -0.4 is 4.87 Å². The predicted molar refractivity (Wildman–Crippen MR) is 41.9 cm³/mol. The summed E-state index contributed by atoms with van der Waals surface area (Å²) < 4.78 is 1.52. The van der Waals surface area contributed by atoms with Gasteiger partial charge in [-0.2, -0.15) is 5.21 Å². The first-order valence-electron chi connectivity index (χ1n) is 3.22. The molecule has 0 saturated heterocycles. The molecule has 0 spiro atoms. The molecule has 0 radical (unpaired) electrons. The highest BCUT2D eigenvalue weighted by Gasteiger charge is 2.01. The molecular weight excluding hydrogens is 178 g/mol. The topological polar surface area (TPSA) is 76.5 Å². The molecule has 0 bridgehead atoms. The van der Waals surface area contributed by atoms with Gasteiger partial charge in [0.2, 0.25) is 0 Å². The maximum Gasteiger partial charge on any atom is 0.307 e. The molecule has 6 nitrogen and oxygen atoms in total. The lowest BCUT2D eigenvalue weighted by atomic mass is 10.6. The first kappa shape index (κ1) is 7.17. The number of hydrogen-bond acceptors (Lipinski definition) is 5. The van der Waals surface area contributed by atoms with Crippen LogP contribution in [0.3, 0.4) is 0 Å². The number of thiazole rings is 1. The van der Waals surface area contributed by atoms with Gasteiger partial charge in [-0.3, -0.25) is 9.36 Å². The van der Waals surface area contributed by atoms with Crippen molar-refractivity contribution < 1.29 is 0 Å². The minimum Gasteiger partial charge on any atom is -0.298 e. The Hall–Kier alpha value is -1.50. The molecule has 0 aliphatic rings. The molecule has 0 atom stereocenters. The highest BCUT2D eigenvalue weighted by molar-refractivity contribution is 7.07. The lowest BCUT2D eigenvalue weighted by Crippen LogP contribution is -2.13. The van der Waals surface area contributed by atoms with E-state index in [1.54, 1.807) is 11.6 Å². The van der Waals surface area contributed by atoms with Crippen LogP contribution in [-0.2, 0) is 6.54 Å². The lowest BCUT2D eigenvalue weighted by molar-refractivity contribution is 0.735. The Bertz CT molecular complexity index is 401. The average molecular weight is 183 g/mol. The Morgan fingerprint density at radius 3 is 3.17 bits per heavy atom. The summed E-state index contributed by atoms with van der Waals surface area (Å²) in [4.78, 5) is 11.0. The molecule has 12 heavy (non-hydrogen) atoms. The van der Waals surface area contributed by atoms with Gasteiger partial charge in [0.15, 0.2) is 5.82 Å². The van der Waals surface area contributed by atoms with Crippen LogP contribution in [0.4, 0.5) is 0 Å². The van der Waals surface area contributed by atoms with Crippen molar-refractivity contribution in [1.29, 1.82) is 0 Å². The second-order valence-electron chi connectivity index (χ2n) is 2.12. The van der Waals surface area contributed by atoms with Crippen LogP contribution in [0, 0.1) is 0 Å². The molecule has 2 rings (SSSR count). The first-order chi connectivity index (χ1) is 5.86. The second-order valence-corrected chi connectivity index (χ2v) is 2.98. The number of H-pyrrole nitrogens is 1. The molecule has 62 valence electrons. The number of nitrogens with zero attached hydrogens (tertiary/aromatic N) is 4. The number of tetrazole rings is 1. The maximum absolute atomic E-state index is 11.0. The third kappa shape index (κ3) is 1.26. The average Bonchev–Trinajstić information content (AvgIpc) is 2.65. The lowest BCUT2D eigenvalue weighted by Gasteiger charge is -1.92. The number of hydrogen-bond donors (Lipinski definition) is 1. The van der Waals surface area contributed by atoms with Gasteiger partial charge in [0.25, 0.3) is 0 Å². The van der Waals surface area contributed by atoms with Gasteiger partial charge < -0.3 is 0 Å². The van der Waals surface area contributed by atoms with Crippen LogP contribution in [0.1, 0.15) is 5.82 Å². The van der Waals surface area contributed by atoms with Crippen LogP contribution in [0.15, 0.2) is 16.4 Å². The Kier molecular flexibility index (Phi) is 1.71. The molecule has 0 saturated carbocycles. The van der Waals surface area contributed by atoms with E-state index in [9.17, 15) is 4.79 Å². The van der Waals surface area contributed by atoms with E-state index in [1.807, 2.05) is 0 Å². The van der Waals surface area contributed by atoms with E-state index >= 15 is 0 Å². The normalized spacial score (nSPS) is 10.3. The SMILES string of the molecule is O=c1sccn1Cc1nn[nH]n1. The van der Waals surface area contributed by atoms with Crippen LogP contribution in [-0.4, -0.2) is 25.2 Å². The number of rotatable bonds is 2. The van der Waals surface area contributed by atoms with Gasteiger partial charge in [-0.25, -0.2) is 0 Å². The zero-order chi connectivity index (χ0) is 8.39. The molecule has 2 aromatic rings. The largest absolute Gasteiger partial charge is 0.307 e. The van der Waals surface area contributed by atoms with Crippen LogP contribution >= 0.6 is 11.3 Å². The van der Waals surface area contributed by atoms with Gasteiger partial charge in [-0.15, -0.1) is 10.2 Å². The Labute approximate surface area is 70.9 Å². The molecule has 0 fully saturated rings. The predicted octanol–water partition coefficient (Wildman–Crippen LogP) is -0.529. The summed E-state index contributed by atoms with van der Waals surface area (Å²) in [6.07, 6.45) is 1.70. The molecule has 7 heteroatoms. The van der Waals surface area contributed by atoms with E-state index in [-0.39, 0.29) is 4.87 Å². The number of nitrogens with one attached hydrogen (secondary N) is 1. The van der Waals surface area contributed by atoms with Crippen molar-refractivity contribution in [2.24, 2.45) is 0 Å². The van der Waals surface area contributed by atoms with Crippen molar-refractivity contribution >= 4 is 11.3 Å². The van der Waals surface area contributed by atoms with Crippen molar-refractivity contribution in [3.63, 3.8) is 0 Å². The fourth-order valence-corrected chi connectivity index (χ4v) is 1.39. The summed E-state index contributed by atoms with van der Waals surface area (Å²) >= 11 is 1.15. The van der Waals surface area contributed by atoms with Gasteiger partial charge in [0.1, 0.15) is 0 Å². The molecule has 0 unspecified atom stereocenters. The maximum atomic E-state index is 11.0. The fraction of sp³-hybridized carbons (Fsp3) is 0.200. The van der Waals surface area contributed by atoms with Gasteiger partial charge in [-0.1, -0.05) is 16.6 Å². The summed E-state index contributed by atoms with van der Waals surface area (Å²) in [5, 5.41) is 14.9. The summed E-state index contributed by atoms with van der Waals surface area (Å²) in [7, 11) is 0. The minimum absolute atomic E-state index is 0.0141. The smallest absolute Gasteiger partial charge is 0.298 e. The highest BCUT2D eigenvalue weighted by Crippen LogP contribution is 1.92. The molecule has 0 aliphatic heterocycles. The first-order valence-corrected chi connectivity index (χ1v) is 4.10. The van der Waals surface area contributed by atoms with E-state index in [0.717, 1.165) is 11.3 Å². The third-order valence-corrected chi connectivity index (χ3v) is 2.04. The Balaban J connectivity index is 2.25. The minimum atomic E-state index is -0.0141. The van der Waals surface area contributed by atoms with E-state index in [1.165, 1.54) is 4.57 Å². The van der Waals surface area contributed by atoms with Crippen molar-refractivity contribution in [1.82, 2.24) is 25.2 Å². The molecule has 1 N–H and O–H groups in total. The number of aromatic amines is 1. The van der Waals surface area contributed by atoms with Gasteiger partial charge in [0, 0.05) is 11.6 Å². The molecule has 0 aliphatic carbocycles. The molecule has 2 heterocycles. The highest BCUT2D eigenvalue weighted by atomic mass is 32.1. The van der Waals surface area contributed by atoms with Crippen molar-refractivity contribution in [2.75, 3.05) is 0 Å². The van der Waals surface area contributed by atoms with E-state index in [4.69, 9.17) is 0 Å². The van der Waals surface area contributed by atoms with Crippen molar-refractivity contribution in [3.8, 4) is 0 Å². The van der Waals surface area contributed by atoms with Crippen LogP contribution in [0.2, 0.25) is 0 Å². The zero-order valence-electron chi connectivity index (χ0n) is 5.97. The quantitative estimate of drug-likeness (QED) is 0.679. The standard InChI is InChI=1S/C5H5N5OS/c11-5-10(1-2-12-5)3-4-6-8-9-7-4/h1-2H,3H2,(H,6,7,8,9). The van der Waals surface area contributed by atoms with Gasteiger partial charge in [-0.05, 0) is 0 Å². The van der Waals surface area contributed by atoms with Gasteiger partial charge in [0.05, 0.1) is 6.54 Å². The number of aromatic nitrogens is 5. The summed E-state index contributed by atoms with van der Waals surface area (Å²) in [5.41, 5.74) is 0. The molecule has 0 aromatic carbocycles. The Morgan fingerprint density at radius 1 is 1.67 bits per heavy atom. The third-order valence-electron chi connectivity index (χ3n) is 1.35. The van der Waals surface area contributed by atoms with Crippen LogP contribution in [0.5, 0.6) is 0 Å². The molecule has 0 amide bonds. The molecule has 2 aromatic heterocycles. The van der Waals surface area contributed by atoms with E-state index in [2.05, 4.69) is 20.6 Å². The van der Waals surface area contributed by atoms with Crippen molar-refractivity contribution in [3.05, 3.63) is 27.1 Å². The van der Waals surface area contributed by atoms with Crippen molar-refractivity contribution in [2.45, 2.75) is 6.54 Å². The fourth-order valence-electron chi connectivity index (χ4n) is 0.810. The molecular formula is C5H5N5OS. The van der Waals surface area contributed by atoms with E-state index < -0.39 is 0 Å². The monoisotopic (exact) mass is 183 g/mol. The Morgan fingerprint density at radius 2 is 2.58 bits per heavy atom. The second kappa shape index (κ2) is 2.86. The van der Waals surface area contributed by atoms with Crippen LogP contribution in [0.25, 0.3) is 0 Å². The summed E-state index contributed by atoms with van der Waals surface area (Å²) in [6, 6.07) is 0. The summed E-state index contributed by atoms with van der Waals surface area (Å²) in [5.74, 6) is 0.510. The van der Waals surface area contributed by atoms with Gasteiger partial charge >= 0.3 is 4.87 Å². The van der Waals surface area contributed by atoms with E-state index in [0.29, 0.717) is 12.4 Å². The summed E-state index contributed by atoms with van der Waals surface area (Å²) in [6.45, 7) is 0.374.